The summed E-state index contributed by atoms with van der Waals surface area (Å²) in [6.45, 7) is 1.82. The standard InChI is InChI=1S/C10H10F4/c1-7-2-4-8(5-3-7)6-9(11)10(12,13)14/h2-5,9H,6H2,1H3. The van der Waals surface area contributed by atoms with Crippen molar-refractivity contribution in [3.63, 3.8) is 0 Å². The minimum Gasteiger partial charge on any atom is -0.237 e. The van der Waals surface area contributed by atoms with Crippen molar-refractivity contribution in [1.82, 2.24) is 0 Å². The molecule has 1 aromatic carbocycles. The average molecular weight is 206 g/mol. The molecule has 0 saturated heterocycles. The lowest BCUT2D eigenvalue weighted by Crippen LogP contribution is -2.26. The van der Waals surface area contributed by atoms with Crippen LogP contribution in [-0.2, 0) is 6.42 Å². The molecule has 1 atom stereocenters. The Balaban J connectivity index is 2.65. The second-order valence-corrected chi connectivity index (χ2v) is 3.20. The summed E-state index contributed by atoms with van der Waals surface area (Å²) in [6.07, 6.45) is -8.14. The second-order valence-electron chi connectivity index (χ2n) is 3.20. The average Bonchev–Trinajstić information content (AvgIpc) is 2.07. The zero-order chi connectivity index (χ0) is 10.8. The topological polar surface area (TPSA) is 0 Å². The van der Waals surface area contributed by atoms with E-state index in [1.165, 1.54) is 12.1 Å². The summed E-state index contributed by atoms with van der Waals surface area (Å²) in [4.78, 5) is 0. The Morgan fingerprint density at radius 3 is 2.07 bits per heavy atom. The van der Waals surface area contributed by atoms with Crippen molar-refractivity contribution in [3.8, 4) is 0 Å². The Kier molecular flexibility index (Phi) is 3.13. The van der Waals surface area contributed by atoms with Crippen LogP contribution >= 0.6 is 0 Å². The Morgan fingerprint density at radius 2 is 1.64 bits per heavy atom. The fraction of sp³-hybridized carbons (Fsp3) is 0.400. The number of halogens is 4. The monoisotopic (exact) mass is 206 g/mol. The summed E-state index contributed by atoms with van der Waals surface area (Å²) in [5, 5.41) is 0. The van der Waals surface area contributed by atoms with Gasteiger partial charge >= 0.3 is 6.18 Å². The lowest BCUT2D eigenvalue weighted by Gasteiger charge is -2.11. The molecule has 14 heavy (non-hydrogen) atoms. The van der Waals surface area contributed by atoms with Crippen molar-refractivity contribution in [2.24, 2.45) is 0 Å². The Labute approximate surface area is 79.6 Å². The van der Waals surface area contributed by atoms with Crippen LogP contribution in [0.4, 0.5) is 17.6 Å². The molecule has 0 amide bonds. The summed E-state index contributed by atoms with van der Waals surface area (Å²) in [5.41, 5.74) is 1.30. The zero-order valence-electron chi connectivity index (χ0n) is 7.61. The van der Waals surface area contributed by atoms with Crippen LogP contribution in [0.2, 0.25) is 0 Å². The quantitative estimate of drug-likeness (QED) is 0.650. The van der Waals surface area contributed by atoms with E-state index < -0.39 is 18.8 Å². The van der Waals surface area contributed by atoms with Gasteiger partial charge in [0.05, 0.1) is 0 Å². The molecule has 78 valence electrons. The fourth-order valence-electron chi connectivity index (χ4n) is 1.05. The predicted molar refractivity (Wildman–Crippen MR) is 45.8 cm³/mol. The molecule has 0 fully saturated rings. The minimum absolute atomic E-state index is 0.362. The van der Waals surface area contributed by atoms with Crippen molar-refractivity contribution < 1.29 is 17.6 Å². The summed E-state index contributed by atoms with van der Waals surface area (Å²) in [6, 6.07) is 6.35. The van der Waals surface area contributed by atoms with Gasteiger partial charge in [0.1, 0.15) is 0 Å². The molecule has 4 heteroatoms. The van der Waals surface area contributed by atoms with Gasteiger partial charge in [0, 0.05) is 6.42 Å². The highest BCUT2D eigenvalue weighted by atomic mass is 19.4. The van der Waals surface area contributed by atoms with Crippen molar-refractivity contribution >= 4 is 0 Å². The third-order valence-corrected chi connectivity index (χ3v) is 1.89. The summed E-state index contributed by atoms with van der Waals surface area (Å²) in [5.74, 6) is 0. The molecule has 1 unspecified atom stereocenters. The third-order valence-electron chi connectivity index (χ3n) is 1.89. The predicted octanol–water partition coefficient (Wildman–Crippen LogP) is 3.44. The molecular formula is C10H10F4. The van der Waals surface area contributed by atoms with Gasteiger partial charge in [-0.2, -0.15) is 13.2 Å². The van der Waals surface area contributed by atoms with Crippen molar-refractivity contribution in [1.29, 1.82) is 0 Å². The summed E-state index contributed by atoms with van der Waals surface area (Å²) < 4.78 is 48.1. The molecule has 1 rings (SSSR count). The minimum atomic E-state index is -4.76. The van der Waals surface area contributed by atoms with Crippen molar-refractivity contribution in [3.05, 3.63) is 35.4 Å². The zero-order valence-corrected chi connectivity index (χ0v) is 7.61. The molecule has 0 heterocycles. The molecule has 1 aromatic rings. The molecule has 0 N–H and O–H groups in total. The number of benzene rings is 1. The molecule has 0 saturated carbocycles. The van der Waals surface area contributed by atoms with Crippen molar-refractivity contribution in [2.75, 3.05) is 0 Å². The van der Waals surface area contributed by atoms with Crippen LogP contribution in [0.25, 0.3) is 0 Å². The summed E-state index contributed by atoms with van der Waals surface area (Å²) in [7, 11) is 0. The Bertz CT molecular complexity index is 286. The van der Waals surface area contributed by atoms with Gasteiger partial charge in [-0.3, -0.25) is 0 Å². The largest absolute Gasteiger partial charge is 0.419 e. The van der Waals surface area contributed by atoms with Crippen LogP contribution in [0.5, 0.6) is 0 Å². The van der Waals surface area contributed by atoms with Crippen LogP contribution in [0.15, 0.2) is 24.3 Å². The first-order valence-corrected chi connectivity index (χ1v) is 4.16. The number of aryl methyl sites for hydroxylation is 1. The summed E-state index contributed by atoms with van der Waals surface area (Å²) >= 11 is 0. The number of hydrogen-bond donors (Lipinski definition) is 0. The van der Waals surface area contributed by atoms with Gasteiger partial charge in [-0.1, -0.05) is 29.8 Å². The number of hydrogen-bond acceptors (Lipinski definition) is 0. The molecule has 0 aliphatic rings. The smallest absolute Gasteiger partial charge is 0.237 e. The maximum absolute atomic E-state index is 12.6. The first-order valence-electron chi connectivity index (χ1n) is 4.16. The lowest BCUT2D eigenvalue weighted by molar-refractivity contribution is -0.179. The van der Waals surface area contributed by atoms with Gasteiger partial charge in [-0.05, 0) is 12.5 Å². The fourth-order valence-corrected chi connectivity index (χ4v) is 1.05. The molecule has 0 nitrogen and oxygen atoms in total. The maximum atomic E-state index is 12.6. The van der Waals surface area contributed by atoms with Gasteiger partial charge in [0.25, 0.3) is 0 Å². The van der Waals surface area contributed by atoms with Crippen LogP contribution < -0.4 is 0 Å². The van der Waals surface area contributed by atoms with Crippen molar-refractivity contribution in [2.45, 2.75) is 25.7 Å². The van der Waals surface area contributed by atoms with Gasteiger partial charge in [0.15, 0.2) is 6.17 Å². The first-order chi connectivity index (χ1) is 6.39. The SMILES string of the molecule is Cc1ccc(CC(F)C(F)(F)F)cc1. The van der Waals surface area contributed by atoms with E-state index >= 15 is 0 Å². The van der Waals surface area contributed by atoms with Gasteiger partial charge in [-0.15, -0.1) is 0 Å². The molecular weight excluding hydrogens is 196 g/mol. The van der Waals surface area contributed by atoms with Gasteiger partial charge in [0.2, 0.25) is 0 Å². The van der Waals surface area contributed by atoms with E-state index in [-0.39, 0.29) is 0 Å². The molecule has 0 bridgehead atoms. The van der Waals surface area contributed by atoms with Crippen LogP contribution in [0, 0.1) is 6.92 Å². The highest BCUT2D eigenvalue weighted by Crippen LogP contribution is 2.25. The van der Waals surface area contributed by atoms with Crippen LogP contribution in [-0.4, -0.2) is 12.3 Å². The highest BCUT2D eigenvalue weighted by molar-refractivity contribution is 5.22. The number of rotatable bonds is 2. The van der Waals surface area contributed by atoms with E-state index in [1.54, 1.807) is 12.1 Å². The molecule has 0 aliphatic carbocycles. The highest BCUT2D eigenvalue weighted by Gasteiger charge is 2.39. The van der Waals surface area contributed by atoms with E-state index in [0.29, 0.717) is 5.56 Å². The number of alkyl halides is 4. The van der Waals surface area contributed by atoms with E-state index in [1.807, 2.05) is 6.92 Å². The van der Waals surface area contributed by atoms with E-state index in [2.05, 4.69) is 0 Å². The Morgan fingerprint density at radius 1 is 1.14 bits per heavy atom. The van der Waals surface area contributed by atoms with Crippen LogP contribution in [0.3, 0.4) is 0 Å². The first kappa shape index (κ1) is 11.0. The normalized spacial score (nSPS) is 14.1. The Hall–Kier alpha value is -1.06. The van der Waals surface area contributed by atoms with Crippen LogP contribution in [0.1, 0.15) is 11.1 Å². The van der Waals surface area contributed by atoms with E-state index in [0.717, 1.165) is 5.56 Å². The molecule has 0 spiro atoms. The maximum Gasteiger partial charge on any atom is 0.419 e. The molecule has 0 radical (unpaired) electrons. The molecule has 0 aromatic heterocycles. The van der Waals surface area contributed by atoms with Gasteiger partial charge < -0.3 is 0 Å². The molecule has 0 aliphatic heterocycles. The van der Waals surface area contributed by atoms with E-state index in [9.17, 15) is 17.6 Å². The third kappa shape index (κ3) is 3.01. The second kappa shape index (κ2) is 3.98. The van der Waals surface area contributed by atoms with E-state index in [4.69, 9.17) is 0 Å². The lowest BCUT2D eigenvalue weighted by atomic mass is 10.1. The van der Waals surface area contributed by atoms with Gasteiger partial charge in [-0.25, -0.2) is 4.39 Å².